The first kappa shape index (κ1) is 26.0. The molecule has 2 aliphatic heterocycles. The number of rotatable bonds is 6. The number of aliphatic imine (C=N–C) groups is 1. The lowest BCUT2D eigenvalue weighted by molar-refractivity contribution is -0.0927. The standard InChI is InChI=1S/C29H25F2N3O3S/c30-25-13-26(31)24(11-21(25)14-32)29-18-37-23(16-36-15-19-7-3-1-4-8-19)12-22(29)17-38-28(34-29)33-27(35)20-9-5-2-6-10-20/h1-11,13,22-23H,12,15-18H2,(H,33,34,35)/t22-,23?,29-/m0/s1. The zero-order valence-corrected chi connectivity index (χ0v) is 21.2. The summed E-state index contributed by atoms with van der Waals surface area (Å²) in [5.74, 6) is -1.76. The van der Waals surface area contributed by atoms with Crippen molar-refractivity contribution in [1.29, 1.82) is 5.26 Å². The van der Waals surface area contributed by atoms with Gasteiger partial charge >= 0.3 is 0 Å². The zero-order valence-electron chi connectivity index (χ0n) is 20.4. The first-order valence-corrected chi connectivity index (χ1v) is 13.2. The van der Waals surface area contributed by atoms with Gasteiger partial charge in [-0.3, -0.25) is 4.79 Å². The van der Waals surface area contributed by atoms with E-state index in [2.05, 4.69) is 5.32 Å². The molecule has 2 heterocycles. The number of carbonyl (C=O) groups excluding carboxylic acids is 1. The molecule has 1 saturated heterocycles. The van der Waals surface area contributed by atoms with Crippen molar-refractivity contribution in [3.63, 3.8) is 0 Å². The van der Waals surface area contributed by atoms with Crippen LogP contribution in [-0.4, -0.2) is 36.1 Å². The Morgan fingerprint density at radius 1 is 1.13 bits per heavy atom. The number of halogens is 2. The molecule has 3 atom stereocenters. The van der Waals surface area contributed by atoms with Gasteiger partial charge in [-0.05, 0) is 30.2 Å². The van der Waals surface area contributed by atoms with Gasteiger partial charge in [0.1, 0.15) is 23.2 Å². The summed E-state index contributed by atoms with van der Waals surface area (Å²) >= 11 is 1.37. The summed E-state index contributed by atoms with van der Waals surface area (Å²) in [6.07, 6.45) is 0.274. The van der Waals surface area contributed by atoms with Crippen LogP contribution < -0.4 is 5.32 Å². The molecule has 3 aromatic carbocycles. The largest absolute Gasteiger partial charge is 0.374 e. The number of nitrogens with zero attached hydrogens (tertiary/aromatic N) is 2. The second-order valence-corrected chi connectivity index (χ2v) is 10.3. The predicted octanol–water partition coefficient (Wildman–Crippen LogP) is 5.19. The summed E-state index contributed by atoms with van der Waals surface area (Å²) < 4.78 is 41.5. The van der Waals surface area contributed by atoms with Gasteiger partial charge in [0, 0.05) is 28.9 Å². The highest BCUT2D eigenvalue weighted by Gasteiger charge is 2.50. The lowest BCUT2D eigenvalue weighted by Gasteiger charge is -2.46. The maximum atomic E-state index is 15.3. The van der Waals surface area contributed by atoms with Gasteiger partial charge in [0.2, 0.25) is 0 Å². The normalized spacial score (nSPS) is 22.6. The fourth-order valence-corrected chi connectivity index (χ4v) is 5.97. The molecule has 0 saturated carbocycles. The lowest BCUT2D eigenvalue weighted by Crippen LogP contribution is -2.52. The van der Waals surface area contributed by atoms with Crippen molar-refractivity contribution in [1.82, 2.24) is 5.32 Å². The molecule has 0 aromatic heterocycles. The van der Waals surface area contributed by atoms with E-state index in [1.807, 2.05) is 36.4 Å². The highest BCUT2D eigenvalue weighted by molar-refractivity contribution is 8.13. The van der Waals surface area contributed by atoms with Crippen molar-refractivity contribution in [2.45, 2.75) is 24.7 Å². The Labute approximate surface area is 223 Å². The first-order valence-electron chi connectivity index (χ1n) is 12.2. The van der Waals surface area contributed by atoms with Crippen molar-refractivity contribution in [3.8, 4) is 6.07 Å². The smallest absolute Gasteiger partial charge is 0.257 e. The summed E-state index contributed by atoms with van der Waals surface area (Å²) in [4.78, 5) is 17.6. The molecule has 0 spiro atoms. The number of carbonyl (C=O) groups is 1. The monoisotopic (exact) mass is 533 g/mol. The van der Waals surface area contributed by atoms with Crippen molar-refractivity contribution in [2.24, 2.45) is 10.9 Å². The number of amidine groups is 1. The number of hydrogen-bond acceptors (Lipinski definition) is 6. The quantitative estimate of drug-likeness (QED) is 0.472. The average molecular weight is 534 g/mol. The maximum Gasteiger partial charge on any atom is 0.257 e. The van der Waals surface area contributed by atoms with Gasteiger partial charge < -0.3 is 14.8 Å². The van der Waals surface area contributed by atoms with Crippen molar-refractivity contribution in [3.05, 3.63) is 107 Å². The maximum absolute atomic E-state index is 15.3. The molecule has 6 nitrogen and oxygen atoms in total. The number of hydrogen-bond donors (Lipinski definition) is 1. The fourth-order valence-electron chi connectivity index (χ4n) is 4.81. The molecule has 1 N–H and O–H groups in total. The van der Waals surface area contributed by atoms with Crippen LogP contribution >= 0.6 is 11.8 Å². The minimum Gasteiger partial charge on any atom is -0.374 e. The van der Waals surface area contributed by atoms with Crippen LogP contribution in [0, 0.1) is 28.9 Å². The van der Waals surface area contributed by atoms with Crippen LogP contribution in [0.2, 0.25) is 0 Å². The Morgan fingerprint density at radius 2 is 1.87 bits per heavy atom. The summed E-state index contributed by atoms with van der Waals surface area (Å²) in [5, 5.41) is 12.5. The summed E-state index contributed by atoms with van der Waals surface area (Å²) in [7, 11) is 0. The molecular formula is C29H25F2N3O3S. The number of amides is 1. The molecule has 0 radical (unpaired) electrons. The van der Waals surface area contributed by atoms with E-state index in [0.717, 1.165) is 5.56 Å². The van der Waals surface area contributed by atoms with E-state index in [0.29, 0.717) is 42.2 Å². The van der Waals surface area contributed by atoms with E-state index in [1.165, 1.54) is 17.8 Å². The number of nitrogens with one attached hydrogen (secondary N) is 1. The number of nitriles is 1. The molecule has 38 heavy (non-hydrogen) atoms. The van der Waals surface area contributed by atoms with Crippen LogP contribution in [0.5, 0.6) is 0 Å². The molecule has 194 valence electrons. The topological polar surface area (TPSA) is 83.7 Å². The Kier molecular flexibility index (Phi) is 7.84. The van der Waals surface area contributed by atoms with E-state index in [9.17, 15) is 14.4 Å². The molecule has 0 bridgehead atoms. The number of benzene rings is 3. The third kappa shape index (κ3) is 5.48. The Bertz CT molecular complexity index is 1380. The Morgan fingerprint density at radius 3 is 2.61 bits per heavy atom. The van der Waals surface area contributed by atoms with Gasteiger partial charge in [0.15, 0.2) is 5.17 Å². The molecule has 3 aromatic rings. The minimum atomic E-state index is -1.23. The Balaban J connectivity index is 1.41. The SMILES string of the molecule is N#Cc1cc([C@]23COC(COCc4ccccc4)C[C@H]2CSC(NC(=O)c2ccccc2)=N3)c(F)cc1F. The first-order chi connectivity index (χ1) is 18.5. The molecule has 1 fully saturated rings. The summed E-state index contributed by atoms with van der Waals surface area (Å²) in [6.45, 7) is 0.787. The van der Waals surface area contributed by atoms with E-state index in [4.69, 9.17) is 14.5 Å². The zero-order chi connectivity index (χ0) is 26.5. The number of ether oxygens (including phenoxy) is 2. The molecule has 9 heteroatoms. The van der Waals surface area contributed by atoms with Crippen LogP contribution in [-0.2, 0) is 21.6 Å². The van der Waals surface area contributed by atoms with E-state index in [1.54, 1.807) is 30.3 Å². The van der Waals surface area contributed by atoms with Gasteiger partial charge in [0.05, 0.1) is 31.5 Å². The molecule has 5 rings (SSSR count). The van der Waals surface area contributed by atoms with Crippen molar-refractivity contribution < 1.29 is 23.0 Å². The van der Waals surface area contributed by atoms with E-state index in [-0.39, 0.29) is 35.7 Å². The van der Waals surface area contributed by atoms with Crippen LogP contribution in [0.15, 0.2) is 77.8 Å². The van der Waals surface area contributed by atoms with Crippen molar-refractivity contribution >= 4 is 22.8 Å². The molecule has 1 unspecified atom stereocenters. The third-order valence-electron chi connectivity index (χ3n) is 6.80. The van der Waals surface area contributed by atoms with Gasteiger partial charge in [-0.25, -0.2) is 13.8 Å². The minimum absolute atomic E-state index is 0.00425. The highest BCUT2D eigenvalue weighted by Crippen LogP contribution is 2.47. The van der Waals surface area contributed by atoms with Gasteiger partial charge in [0.25, 0.3) is 5.91 Å². The van der Waals surface area contributed by atoms with Crippen LogP contribution in [0.1, 0.15) is 33.5 Å². The second kappa shape index (κ2) is 11.4. The van der Waals surface area contributed by atoms with Crippen LogP contribution in [0.25, 0.3) is 0 Å². The van der Waals surface area contributed by atoms with Gasteiger partial charge in [-0.2, -0.15) is 5.26 Å². The Hall–Kier alpha value is -3.58. The lowest BCUT2D eigenvalue weighted by atomic mass is 9.74. The molecule has 1 amide bonds. The van der Waals surface area contributed by atoms with Crippen LogP contribution in [0.4, 0.5) is 8.78 Å². The van der Waals surface area contributed by atoms with Gasteiger partial charge in [-0.1, -0.05) is 60.3 Å². The average Bonchev–Trinajstić information content (AvgIpc) is 2.94. The number of thioether (sulfide) groups is 1. The molecule has 2 aliphatic rings. The van der Waals surface area contributed by atoms with E-state index >= 15 is 4.39 Å². The highest BCUT2D eigenvalue weighted by atomic mass is 32.2. The third-order valence-corrected chi connectivity index (χ3v) is 7.84. The summed E-state index contributed by atoms with van der Waals surface area (Å²) in [5.41, 5.74) is 0.0834. The van der Waals surface area contributed by atoms with Gasteiger partial charge in [-0.15, -0.1) is 0 Å². The van der Waals surface area contributed by atoms with Crippen LogP contribution in [0.3, 0.4) is 0 Å². The fraction of sp³-hybridized carbons (Fsp3) is 0.276. The summed E-state index contributed by atoms with van der Waals surface area (Å²) in [6, 6.07) is 22.2. The number of fused-ring (bicyclic) bond motifs is 1. The van der Waals surface area contributed by atoms with E-state index < -0.39 is 17.2 Å². The molecular weight excluding hydrogens is 508 g/mol. The van der Waals surface area contributed by atoms with Crippen molar-refractivity contribution in [2.75, 3.05) is 19.0 Å². The predicted molar refractivity (Wildman–Crippen MR) is 140 cm³/mol. The second-order valence-electron chi connectivity index (χ2n) is 9.26. The molecule has 0 aliphatic carbocycles.